The second-order valence-corrected chi connectivity index (χ2v) is 10.6. The molecule has 0 aliphatic heterocycles. The third-order valence-electron chi connectivity index (χ3n) is 6.01. The zero-order valence-corrected chi connectivity index (χ0v) is 20.2. The van der Waals surface area contributed by atoms with Gasteiger partial charge in [0.1, 0.15) is 0 Å². The van der Waals surface area contributed by atoms with Crippen LogP contribution in [-0.2, 0) is 10.1 Å². The fourth-order valence-corrected chi connectivity index (χ4v) is 4.88. The first-order valence-corrected chi connectivity index (χ1v) is 14.1. The molecule has 4 nitrogen and oxygen atoms in total. The quantitative estimate of drug-likeness (QED) is 0.137. The molecule has 176 valence electrons. The summed E-state index contributed by atoms with van der Waals surface area (Å²) in [6.45, 7) is 4.37. The third-order valence-corrected chi connectivity index (χ3v) is 7.33. The molecular weight excluding hydrogens is 384 g/mol. The monoisotopic (exact) mass is 434 g/mol. The van der Waals surface area contributed by atoms with Gasteiger partial charge in [-0.25, -0.2) is 0 Å². The Hall–Kier alpha value is -0.130. The molecule has 0 radical (unpaired) electrons. The van der Waals surface area contributed by atoms with Crippen LogP contribution >= 0.6 is 0 Å². The standard InChI is InChI=1S/C24H50O4S/c1-3-5-7-8-9-10-11-12-13-14-15-16-18-20-24(29(26,27)28)22-21-23(25)19-17-6-4-2/h23-25H,3-22H2,1-2H3,(H,26,27,28). The minimum atomic E-state index is -4.01. The molecule has 2 unspecified atom stereocenters. The van der Waals surface area contributed by atoms with Crippen molar-refractivity contribution in [1.29, 1.82) is 0 Å². The number of hydrogen-bond acceptors (Lipinski definition) is 3. The van der Waals surface area contributed by atoms with Crippen molar-refractivity contribution in [3.05, 3.63) is 0 Å². The van der Waals surface area contributed by atoms with Gasteiger partial charge in [0.25, 0.3) is 10.1 Å². The summed E-state index contributed by atoms with van der Waals surface area (Å²) >= 11 is 0. The van der Waals surface area contributed by atoms with E-state index in [0.29, 0.717) is 19.3 Å². The molecule has 0 rings (SSSR count). The van der Waals surface area contributed by atoms with Crippen molar-refractivity contribution in [3.63, 3.8) is 0 Å². The van der Waals surface area contributed by atoms with Crippen molar-refractivity contribution < 1.29 is 18.1 Å². The Morgan fingerprint density at radius 1 is 0.552 bits per heavy atom. The third kappa shape index (κ3) is 19.6. The molecule has 0 aromatic heterocycles. The molecule has 0 heterocycles. The van der Waals surface area contributed by atoms with Gasteiger partial charge in [0, 0.05) is 0 Å². The maximum atomic E-state index is 11.6. The normalized spacial score (nSPS) is 14.2. The first-order chi connectivity index (χ1) is 13.9. The molecule has 0 aliphatic carbocycles. The highest BCUT2D eigenvalue weighted by Gasteiger charge is 2.23. The van der Waals surface area contributed by atoms with Gasteiger partial charge in [0.05, 0.1) is 11.4 Å². The summed E-state index contributed by atoms with van der Waals surface area (Å²) in [5.74, 6) is 0. The first-order valence-electron chi connectivity index (χ1n) is 12.6. The van der Waals surface area contributed by atoms with E-state index in [2.05, 4.69) is 13.8 Å². The van der Waals surface area contributed by atoms with Crippen LogP contribution < -0.4 is 0 Å². The Morgan fingerprint density at radius 2 is 0.931 bits per heavy atom. The highest BCUT2D eigenvalue weighted by atomic mass is 32.2. The van der Waals surface area contributed by atoms with Gasteiger partial charge in [-0.05, 0) is 25.7 Å². The molecule has 2 atom stereocenters. The van der Waals surface area contributed by atoms with E-state index < -0.39 is 21.5 Å². The van der Waals surface area contributed by atoms with Crippen LogP contribution in [0.5, 0.6) is 0 Å². The van der Waals surface area contributed by atoms with Crippen molar-refractivity contribution in [2.45, 2.75) is 154 Å². The van der Waals surface area contributed by atoms with Crippen molar-refractivity contribution in [1.82, 2.24) is 0 Å². The van der Waals surface area contributed by atoms with Gasteiger partial charge in [-0.3, -0.25) is 4.55 Å². The highest BCUT2D eigenvalue weighted by molar-refractivity contribution is 7.86. The summed E-state index contributed by atoms with van der Waals surface area (Å²) < 4.78 is 32.7. The molecule has 0 bridgehead atoms. The number of aliphatic hydroxyl groups excluding tert-OH is 1. The zero-order chi connectivity index (χ0) is 21.8. The molecule has 0 spiro atoms. The van der Waals surface area contributed by atoms with Crippen molar-refractivity contribution >= 4 is 10.1 Å². The summed E-state index contributed by atoms with van der Waals surface area (Å²) in [4.78, 5) is 0. The lowest BCUT2D eigenvalue weighted by atomic mass is 10.0. The molecule has 0 saturated carbocycles. The largest absolute Gasteiger partial charge is 0.393 e. The minimum Gasteiger partial charge on any atom is -0.393 e. The molecule has 0 aromatic carbocycles. The van der Waals surface area contributed by atoms with Gasteiger partial charge in [-0.1, -0.05) is 117 Å². The number of hydrogen-bond donors (Lipinski definition) is 2. The van der Waals surface area contributed by atoms with Crippen molar-refractivity contribution in [3.8, 4) is 0 Å². The first kappa shape index (κ1) is 28.9. The van der Waals surface area contributed by atoms with E-state index in [0.717, 1.165) is 44.9 Å². The number of rotatable bonds is 22. The summed E-state index contributed by atoms with van der Waals surface area (Å²) in [5, 5.41) is 9.29. The van der Waals surface area contributed by atoms with E-state index in [4.69, 9.17) is 0 Å². The van der Waals surface area contributed by atoms with E-state index in [1.807, 2.05) is 0 Å². The van der Waals surface area contributed by atoms with Crippen LogP contribution in [0, 0.1) is 0 Å². The van der Waals surface area contributed by atoms with E-state index in [1.165, 1.54) is 64.2 Å². The highest BCUT2D eigenvalue weighted by Crippen LogP contribution is 2.20. The molecule has 29 heavy (non-hydrogen) atoms. The lowest BCUT2D eigenvalue weighted by Gasteiger charge is -2.16. The lowest BCUT2D eigenvalue weighted by molar-refractivity contribution is 0.147. The number of aliphatic hydroxyl groups is 1. The van der Waals surface area contributed by atoms with Gasteiger partial charge < -0.3 is 5.11 Å². The predicted molar refractivity (Wildman–Crippen MR) is 125 cm³/mol. The minimum absolute atomic E-state index is 0.365. The Bertz CT molecular complexity index is 436. The van der Waals surface area contributed by atoms with Gasteiger partial charge in [0.2, 0.25) is 0 Å². The Labute approximate surface area is 182 Å². The van der Waals surface area contributed by atoms with Crippen LogP contribution in [0.3, 0.4) is 0 Å². The molecule has 0 aromatic rings. The fraction of sp³-hybridized carbons (Fsp3) is 1.00. The maximum Gasteiger partial charge on any atom is 0.267 e. The Balaban J connectivity index is 3.70. The van der Waals surface area contributed by atoms with Crippen LogP contribution in [0.1, 0.15) is 142 Å². The molecular formula is C24H50O4S. The fourth-order valence-electron chi connectivity index (χ4n) is 3.98. The summed E-state index contributed by atoms with van der Waals surface area (Å²) in [6, 6.07) is 0. The molecule has 0 fully saturated rings. The Kier molecular flexibility index (Phi) is 19.7. The van der Waals surface area contributed by atoms with Crippen LogP contribution in [0.4, 0.5) is 0 Å². The second kappa shape index (κ2) is 19.8. The predicted octanol–water partition coefficient (Wildman–Crippen LogP) is 7.45. The molecule has 0 aliphatic rings. The smallest absolute Gasteiger partial charge is 0.267 e. The van der Waals surface area contributed by atoms with Crippen molar-refractivity contribution in [2.24, 2.45) is 0 Å². The average Bonchev–Trinajstić information content (AvgIpc) is 2.67. The summed E-state index contributed by atoms with van der Waals surface area (Å²) in [5.41, 5.74) is 0. The average molecular weight is 435 g/mol. The van der Waals surface area contributed by atoms with Gasteiger partial charge in [-0.2, -0.15) is 8.42 Å². The second-order valence-electron chi connectivity index (χ2n) is 8.90. The van der Waals surface area contributed by atoms with E-state index in [9.17, 15) is 18.1 Å². The molecule has 5 heteroatoms. The zero-order valence-electron chi connectivity index (χ0n) is 19.4. The molecule has 0 saturated heterocycles. The van der Waals surface area contributed by atoms with Crippen LogP contribution in [0.25, 0.3) is 0 Å². The Morgan fingerprint density at radius 3 is 1.38 bits per heavy atom. The van der Waals surface area contributed by atoms with Gasteiger partial charge >= 0.3 is 0 Å². The molecule has 2 N–H and O–H groups in total. The maximum absolute atomic E-state index is 11.6. The van der Waals surface area contributed by atoms with Crippen LogP contribution in [-0.4, -0.2) is 29.4 Å². The topological polar surface area (TPSA) is 74.6 Å². The summed E-state index contributed by atoms with van der Waals surface area (Å²) in [7, 11) is -4.01. The summed E-state index contributed by atoms with van der Waals surface area (Å²) in [6.07, 6.45) is 21.2. The van der Waals surface area contributed by atoms with Crippen LogP contribution in [0.2, 0.25) is 0 Å². The molecule has 0 amide bonds. The van der Waals surface area contributed by atoms with E-state index >= 15 is 0 Å². The van der Waals surface area contributed by atoms with E-state index in [1.54, 1.807) is 0 Å². The SMILES string of the molecule is CCCCCCCCCCCCCCCC(CCC(O)CCCCC)S(=O)(=O)O. The van der Waals surface area contributed by atoms with E-state index in [-0.39, 0.29) is 0 Å². The van der Waals surface area contributed by atoms with Gasteiger partial charge in [-0.15, -0.1) is 0 Å². The lowest BCUT2D eigenvalue weighted by Crippen LogP contribution is -2.22. The van der Waals surface area contributed by atoms with Gasteiger partial charge in [0.15, 0.2) is 0 Å². The number of unbranched alkanes of at least 4 members (excludes halogenated alkanes) is 14. The van der Waals surface area contributed by atoms with Crippen LogP contribution in [0.15, 0.2) is 0 Å². The van der Waals surface area contributed by atoms with Crippen molar-refractivity contribution in [2.75, 3.05) is 0 Å².